The number of ketones is 1. The van der Waals surface area contributed by atoms with Gasteiger partial charge in [-0.3, -0.25) is 4.79 Å². The molecule has 2 rings (SSSR count). The zero-order chi connectivity index (χ0) is 14.5. The lowest BCUT2D eigenvalue weighted by Gasteiger charge is -2.06. The molecule has 0 atom stereocenters. The molecule has 0 radical (unpaired) electrons. The highest BCUT2D eigenvalue weighted by Gasteiger charge is 2.07. The number of rotatable bonds is 5. The number of carbonyl (C=O) groups excluding carboxylic acids is 1. The summed E-state index contributed by atoms with van der Waals surface area (Å²) in [5.74, 6) is 1.09. The van der Waals surface area contributed by atoms with E-state index in [1.54, 1.807) is 0 Å². The number of Topliss-reactive ketones (excluding diaryl/α,β-unsaturated/α-hetero) is 1. The summed E-state index contributed by atoms with van der Waals surface area (Å²) in [6, 6.07) is 15.4. The Balaban J connectivity index is 1.96. The summed E-state index contributed by atoms with van der Waals surface area (Å²) in [6.07, 6.45) is 0. The average Bonchev–Trinajstić information content (AvgIpc) is 2.46. The fraction of sp³-hybridized carbons (Fsp3) is 0.235. The molecule has 2 aromatic carbocycles. The molecule has 0 N–H and O–H groups in total. The maximum absolute atomic E-state index is 12.1. The molecule has 0 aliphatic rings. The normalized spacial score (nSPS) is 10.8. The van der Waals surface area contributed by atoms with E-state index in [0.29, 0.717) is 16.7 Å². The summed E-state index contributed by atoms with van der Waals surface area (Å²) in [4.78, 5) is 13.2. The van der Waals surface area contributed by atoms with Gasteiger partial charge in [0.05, 0.1) is 5.75 Å². The highest BCUT2D eigenvalue weighted by atomic mass is 35.5. The van der Waals surface area contributed by atoms with Crippen LogP contribution in [0, 0.1) is 0 Å². The Morgan fingerprint density at radius 1 is 1.05 bits per heavy atom. The summed E-state index contributed by atoms with van der Waals surface area (Å²) < 4.78 is 0. The minimum atomic E-state index is 0.153. The summed E-state index contributed by atoms with van der Waals surface area (Å²) in [5, 5.41) is 0.713. The minimum Gasteiger partial charge on any atom is -0.293 e. The molecular weight excluding hydrogens is 288 g/mol. The molecule has 1 nitrogen and oxygen atoms in total. The molecule has 2 aromatic rings. The molecule has 0 aliphatic heterocycles. The van der Waals surface area contributed by atoms with Gasteiger partial charge >= 0.3 is 0 Å². The highest BCUT2D eigenvalue weighted by molar-refractivity contribution is 8.00. The molecule has 0 heterocycles. The van der Waals surface area contributed by atoms with Crippen molar-refractivity contribution in [2.24, 2.45) is 0 Å². The maximum Gasteiger partial charge on any atom is 0.173 e. The van der Waals surface area contributed by atoms with Gasteiger partial charge in [-0.1, -0.05) is 49.7 Å². The van der Waals surface area contributed by atoms with Crippen molar-refractivity contribution in [3.05, 3.63) is 64.7 Å². The van der Waals surface area contributed by atoms with Crippen molar-refractivity contribution in [2.45, 2.75) is 24.7 Å². The maximum atomic E-state index is 12.1. The lowest BCUT2D eigenvalue weighted by atomic mass is 10.0. The van der Waals surface area contributed by atoms with E-state index in [1.807, 2.05) is 48.5 Å². The third-order valence-corrected chi connectivity index (χ3v) is 4.35. The Labute approximate surface area is 129 Å². The first-order valence-corrected chi connectivity index (χ1v) is 7.94. The Morgan fingerprint density at radius 3 is 2.20 bits per heavy atom. The van der Waals surface area contributed by atoms with Crippen molar-refractivity contribution in [3.63, 3.8) is 0 Å². The fourth-order valence-electron chi connectivity index (χ4n) is 1.82. The van der Waals surface area contributed by atoms with Crippen LogP contribution in [0.25, 0.3) is 0 Å². The van der Waals surface area contributed by atoms with Crippen LogP contribution in [0.3, 0.4) is 0 Å². The summed E-state index contributed by atoms with van der Waals surface area (Å²) in [5.41, 5.74) is 2.03. The van der Waals surface area contributed by atoms with E-state index in [9.17, 15) is 4.79 Å². The van der Waals surface area contributed by atoms with Crippen LogP contribution in [-0.4, -0.2) is 11.5 Å². The fourth-order valence-corrected chi connectivity index (χ4v) is 2.74. The van der Waals surface area contributed by atoms with Gasteiger partial charge in [0.15, 0.2) is 5.78 Å². The van der Waals surface area contributed by atoms with Crippen molar-refractivity contribution in [3.8, 4) is 0 Å². The quantitative estimate of drug-likeness (QED) is 0.540. The molecular formula is C17H17ClOS. The van der Waals surface area contributed by atoms with Crippen molar-refractivity contribution >= 4 is 29.1 Å². The zero-order valence-corrected chi connectivity index (χ0v) is 13.2. The van der Waals surface area contributed by atoms with E-state index in [4.69, 9.17) is 11.6 Å². The molecule has 20 heavy (non-hydrogen) atoms. The highest BCUT2D eigenvalue weighted by Crippen LogP contribution is 2.22. The molecule has 0 amide bonds. The number of hydrogen-bond donors (Lipinski definition) is 0. The van der Waals surface area contributed by atoms with Crippen LogP contribution in [-0.2, 0) is 0 Å². The first kappa shape index (κ1) is 15.1. The van der Waals surface area contributed by atoms with Crippen molar-refractivity contribution in [1.82, 2.24) is 0 Å². The van der Waals surface area contributed by atoms with E-state index in [1.165, 1.54) is 17.3 Å². The zero-order valence-electron chi connectivity index (χ0n) is 11.6. The number of hydrogen-bond acceptors (Lipinski definition) is 2. The van der Waals surface area contributed by atoms with Crippen molar-refractivity contribution < 1.29 is 4.79 Å². The van der Waals surface area contributed by atoms with E-state index in [-0.39, 0.29) is 5.78 Å². The van der Waals surface area contributed by atoms with Crippen LogP contribution < -0.4 is 0 Å². The van der Waals surface area contributed by atoms with Crippen molar-refractivity contribution in [2.75, 3.05) is 5.75 Å². The molecule has 0 aromatic heterocycles. The topological polar surface area (TPSA) is 17.1 Å². The Morgan fingerprint density at radius 2 is 1.65 bits per heavy atom. The summed E-state index contributed by atoms with van der Waals surface area (Å²) >= 11 is 7.37. The number of halogens is 1. The second kappa shape index (κ2) is 6.96. The first-order valence-electron chi connectivity index (χ1n) is 6.58. The van der Waals surface area contributed by atoms with Gasteiger partial charge in [-0.25, -0.2) is 0 Å². The van der Waals surface area contributed by atoms with Gasteiger partial charge in [0.25, 0.3) is 0 Å². The van der Waals surface area contributed by atoms with Gasteiger partial charge < -0.3 is 0 Å². The van der Waals surface area contributed by atoms with Gasteiger partial charge in [0.1, 0.15) is 0 Å². The SMILES string of the molecule is CC(C)c1ccc(C(=O)CSc2ccc(Cl)cc2)cc1. The van der Waals surface area contributed by atoms with Crippen LogP contribution >= 0.6 is 23.4 Å². The molecule has 0 fully saturated rings. The molecule has 0 aliphatic carbocycles. The number of benzene rings is 2. The second-order valence-electron chi connectivity index (χ2n) is 4.94. The average molecular weight is 305 g/mol. The molecule has 3 heteroatoms. The molecule has 0 unspecified atom stereocenters. The third-order valence-electron chi connectivity index (χ3n) is 3.08. The molecule has 0 saturated carbocycles. The largest absolute Gasteiger partial charge is 0.293 e. The van der Waals surface area contributed by atoms with Gasteiger partial charge in [0.2, 0.25) is 0 Å². The lowest BCUT2D eigenvalue weighted by molar-refractivity contribution is 0.102. The lowest BCUT2D eigenvalue weighted by Crippen LogP contribution is -2.02. The Hall–Kier alpha value is -1.25. The smallest absolute Gasteiger partial charge is 0.173 e. The Kier molecular flexibility index (Phi) is 5.27. The predicted molar refractivity (Wildman–Crippen MR) is 87.0 cm³/mol. The van der Waals surface area contributed by atoms with E-state index in [2.05, 4.69) is 13.8 Å². The van der Waals surface area contributed by atoms with Gasteiger partial charge in [-0.05, 0) is 35.7 Å². The summed E-state index contributed by atoms with van der Waals surface area (Å²) in [6.45, 7) is 4.29. The van der Waals surface area contributed by atoms with Gasteiger partial charge in [-0.2, -0.15) is 0 Å². The van der Waals surface area contributed by atoms with E-state index >= 15 is 0 Å². The predicted octanol–water partition coefficient (Wildman–Crippen LogP) is 5.44. The van der Waals surface area contributed by atoms with E-state index in [0.717, 1.165) is 10.5 Å². The molecule has 104 valence electrons. The second-order valence-corrected chi connectivity index (χ2v) is 6.43. The molecule has 0 spiro atoms. The van der Waals surface area contributed by atoms with Crippen LogP contribution in [0.4, 0.5) is 0 Å². The van der Waals surface area contributed by atoms with Gasteiger partial charge in [-0.15, -0.1) is 11.8 Å². The van der Waals surface area contributed by atoms with Crippen molar-refractivity contribution in [1.29, 1.82) is 0 Å². The van der Waals surface area contributed by atoms with E-state index < -0.39 is 0 Å². The van der Waals surface area contributed by atoms with Crippen LogP contribution in [0.1, 0.15) is 35.7 Å². The Bertz CT molecular complexity index is 573. The summed E-state index contributed by atoms with van der Waals surface area (Å²) in [7, 11) is 0. The molecule has 0 bridgehead atoms. The number of carbonyl (C=O) groups is 1. The van der Waals surface area contributed by atoms with Crippen LogP contribution in [0.5, 0.6) is 0 Å². The van der Waals surface area contributed by atoms with Gasteiger partial charge in [0, 0.05) is 15.5 Å². The monoisotopic (exact) mass is 304 g/mol. The first-order chi connectivity index (χ1) is 9.56. The standard InChI is InChI=1S/C17H17ClOS/c1-12(2)13-3-5-14(6-4-13)17(19)11-20-16-9-7-15(18)8-10-16/h3-10,12H,11H2,1-2H3. The minimum absolute atomic E-state index is 0.153. The van der Waals surface area contributed by atoms with Crippen LogP contribution in [0.2, 0.25) is 5.02 Å². The molecule has 0 saturated heterocycles. The van der Waals surface area contributed by atoms with Crippen LogP contribution in [0.15, 0.2) is 53.4 Å². The number of thioether (sulfide) groups is 1. The third kappa shape index (κ3) is 4.12.